The number of hydrogen-bond donors (Lipinski definition) is 2. The maximum Gasteiger partial charge on any atom is 0.319 e. The summed E-state index contributed by atoms with van der Waals surface area (Å²) in [5.41, 5.74) is 3.55. The zero-order valence-electron chi connectivity index (χ0n) is 14.8. The van der Waals surface area contributed by atoms with Gasteiger partial charge in [-0.05, 0) is 49.4 Å². The number of benzene rings is 1. The van der Waals surface area contributed by atoms with Crippen LogP contribution in [0.4, 0.5) is 10.5 Å². The first-order chi connectivity index (χ1) is 11.7. The SMILES string of the molecule is CC[C@H](NC(=O)Nc1cccc2c1CCN(CC)C2)[C@@H]1CCCO1. The van der Waals surface area contributed by atoms with E-state index in [2.05, 4.69) is 35.4 Å². The Balaban J connectivity index is 1.64. The van der Waals surface area contributed by atoms with Crippen molar-refractivity contribution in [3.8, 4) is 0 Å². The van der Waals surface area contributed by atoms with Crippen LogP contribution in [-0.2, 0) is 17.7 Å². The van der Waals surface area contributed by atoms with E-state index in [-0.39, 0.29) is 18.2 Å². The Hall–Kier alpha value is -1.59. The molecule has 1 aromatic carbocycles. The lowest BCUT2D eigenvalue weighted by molar-refractivity contribution is 0.0804. The minimum atomic E-state index is -0.122. The highest BCUT2D eigenvalue weighted by molar-refractivity contribution is 5.90. The average Bonchev–Trinajstić information content (AvgIpc) is 3.14. The molecule has 3 rings (SSSR count). The van der Waals surface area contributed by atoms with Gasteiger partial charge in [-0.3, -0.25) is 4.90 Å². The predicted octanol–water partition coefficient (Wildman–Crippen LogP) is 3.14. The van der Waals surface area contributed by atoms with E-state index in [9.17, 15) is 4.79 Å². The van der Waals surface area contributed by atoms with Gasteiger partial charge in [-0.25, -0.2) is 4.79 Å². The fourth-order valence-corrected chi connectivity index (χ4v) is 3.76. The number of carbonyl (C=O) groups is 1. The number of rotatable bonds is 5. The molecule has 0 aliphatic carbocycles. The summed E-state index contributed by atoms with van der Waals surface area (Å²) in [5.74, 6) is 0. The minimum absolute atomic E-state index is 0.0858. The van der Waals surface area contributed by atoms with Gasteiger partial charge in [0.1, 0.15) is 0 Å². The van der Waals surface area contributed by atoms with Crippen LogP contribution in [0.2, 0.25) is 0 Å². The molecule has 5 nitrogen and oxygen atoms in total. The van der Waals surface area contributed by atoms with Gasteiger partial charge in [0.05, 0.1) is 12.1 Å². The molecule has 1 aromatic rings. The quantitative estimate of drug-likeness (QED) is 0.871. The minimum Gasteiger partial charge on any atom is -0.376 e. The lowest BCUT2D eigenvalue weighted by Crippen LogP contribution is -2.44. The second-order valence-corrected chi connectivity index (χ2v) is 6.73. The second kappa shape index (κ2) is 7.99. The maximum absolute atomic E-state index is 12.5. The van der Waals surface area contributed by atoms with Crippen LogP contribution in [0, 0.1) is 0 Å². The van der Waals surface area contributed by atoms with Gasteiger partial charge in [-0.1, -0.05) is 26.0 Å². The standard InChI is InChI=1S/C19H29N3O2/c1-3-16(18-9-6-12-24-18)20-19(23)21-17-8-5-7-14-13-22(4-2)11-10-15(14)17/h5,7-8,16,18H,3-4,6,9-13H2,1-2H3,(H2,20,21,23)/t16-,18-/m0/s1. The topological polar surface area (TPSA) is 53.6 Å². The average molecular weight is 331 g/mol. The van der Waals surface area contributed by atoms with E-state index in [1.807, 2.05) is 12.1 Å². The van der Waals surface area contributed by atoms with Crippen molar-refractivity contribution in [2.75, 3.05) is 25.0 Å². The molecule has 132 valence electrons. The smallest absolute Gasteiger partial charge is 0.319 e. The van der Waals surface area contributed by atoms with Crippen molar-refractivity contribution in [3.63, 3.8) is 0 Å². The van der Waals surface area contributed by atoms with Crippen LogP contribution in [0.3, 0.4) is 0 Å². The van der Waals surface area contributed by atoms with Crippen molar-refractivity contribution in [1.82, 2.24) is 10.2 Å². The molecule has 0 spiro atoms. The number of carbonyl (C=O) groups excluding carboxylic acids is 1. The van der Waals surface area contributed by atoms with Crippen molar-refractivity contribution >= 4 is 11.7 Å². The molecular formula is C19H29N3O2. The number of amides is 2. The molecule has 2 amide bonds. The van der Waals surface area contributed by atoms with E-state index in [4.69, 9.17) is 4.74 Å². The number of hydrogen-bond acceptors (Lipinski definition) is 3. The maximum atomic E-state index is 12.5. The van der Waals surface area contributed by atoms with E-state index in [1.54, 1.807) is 0 Å². The first kappa shape index (κ1) is 17.2. The predicted molar refractivity (Wildman–Crippen MR) is 96.3 cm³/mol. The Kier molecular flexibility index (Phi) is 5.74. The lowest BCUT2D eigenvalue weighted by atomic mass is 9.98. The van der Waals surface area contributed by atoms with Gasteiger partial charge < -0.3 is 15.4 Å². The number of ether oxygens (including phenoxy) is 1. The van der Waals surface area contributed by atoms with Crippen LogP contribution >= 0.6 is 0 Å². The summed E-state index contributed by atoms with van der Waals surface area (Å²) in [7, 11) is 0. The Morgan fingerprint density at radius 3 is 3.00 bits per heavy atom. The van der Waals surface area contributed by atoms with Crippen LogP contribution in [0.25, 0.3) is 0 Å². The van der Waals surface area contributed by atoms with Crippen LogP contribution in [-0.4, -0.2) is 42.8 Å². The summed E-state index contributed by atoms with van der Waals surface area (Å²) in [4.78, 5) is 14.9. The molecule has 2 N–H and O–H groups in total. The van der Waals surface area contributed by atoms with Crippen LogP contribution in [0.15, 0.2) is 18.2 Å². The fraction of sp³-hybridized carbons (Fsp3) is 0.632. The number of nitrogens with zero attached hydrogens (tertiary/aromatic N) is 1. The van der Waals surface area contributed by atoms with E-state index in [1.165, 1.54) is 11.1 Å². The van der Waals surface area contributed by atoms with Gasteiger partial charge in [0.15, 0.2) is 0 Å². The molecular weight excluding hydrogens is 302 g/mol. The van der Waals surface area contributed by atoms with Crippen molar-refractivity contribution in [1.29, 1.82) is 0 Å². The van der Waals surface area contributed by atoms with Crippen LogP contribution in [0.1, 0.15) is 44.2 Å². The molecule has 1 saturated heterocycles. The molecule has 2 atom stereocenters. The molecule has 0 radical (unpaired) electrons. The van der Waals surface area contributed by atoms with Crippen LogP contribution < -0.4 is 10.6 Å². The third kappa shape index (κ3) is 3.90. The van der Waals surface area contributed by atoms with Crippen molar-refractivity contribution in [2.24, 2.45) is 0 Å². The van der Waals surface area contributed by atoms with E-state index < -0.39 is 0 Å². The normalized spacial score (nSPS) is 22.0. The van der Waals surface area contributed by atoms with Crippen LogP contribution in [0.5, 0.6) is 0 Å². The fourth-order valence-electron chi connectivity index (χ4n) is 3.76. The lowest BCUT2D eigenvalue weighted by Gasteiger charge is -2.29. The van der Waals surface area contributed by atoms with Crippen molar-refractivity contribution in [2.45, 2.75) is 58.2 Å². The highest BCUT2D eigenvalue weighted by Gasteiger charge is 2.26. The third-order valence-electron chi connectivity index (χ3n) is 5.21. The molecule has 0 aromatic heterocycles. The highest BCUT2D eigenvalue weighted by Crippen LogP contribution is 2.26. The second-order valence-electron chi connectivity index (χ2n) is 6.73. The van der Waals surface area contributed by atoms with Gasteiger partial charge in [-0.2, -0.15) is 0 Å². The summed E-state index contributed by atoms with van der Waals surface area (Å²) in [6.07, 6.45) is 4.15. The van der Waals surface area contributed by atoms with E-state index >= 15 is 0 Å². The number of fused-ring (bicyclic) bond motifs is 1. The molecule has 0 saturated carbocycles. The summed E-state index contributed by atoms with van der Waals surface area (Å²) in [6, 6.07) is 6.17. The molecule has 24 heavy (non-hydrogen) atoms. The summed E-state index contributed by atoms with van der Waals surface area (Å²) >= 11 is 0. The zero-order chi connectivity index (χ0) is 16.9. The molecule has 2 heterocycles. The summed E-state index contributed by atoms with van der Waals surface area (Å²) < 4.78 is 5.72. The molecule has 2 aliphatic heterocycles. The number of urea groups is 1. The summed E-state index contributed by atoms with van der Waals surface area (Å²) in [6.45, 7) is 8.18. The van der Waals surface area contributed by atoms with Gasteiger partial charge in [0.25, 0.3) is 0 Å². The Bertz CT molecular complexity index is 570. The molecule has 0 unspecified atom stereocenters. The van der Waals surface area contributed by atoms with Gasteiger partial charge in [0, 0.05) is 25.4 Å². The Morgan fingerprint density at radius 1 is 1.42 bits per heavy atom. The summed E-state index contributed by atoms with van der Waals surface area (Å²) in [5, 5.41) is 6.17. The van der Waals surface area contributed by atoms with E-state index in [0.29, 0.717) is 0 Å². The van der Waals surface area contributed by atoms with Crippen molar-refractivity contribution in [3.05, 3.63) is 29.3 Å². The monoisotopic (exact) mass is 331 g/mol. The van der Waals surface area contributed by atoms with Gasteiger partial charge in [-0.15, -0.1) is 0 Å². The van der Waals surface area contributed by atoms with Gasteiger partial charge in [0.2, 0.25) is 0 Å². The number of anilines is 1. The first-order valence-electron chi connectivity index (χ1n) is 9.23. The van der Waals surface area contributed by atoms with Crippen molar-refractivity contribution < 1.29 is 9.53 Å². The number of likely N-dealkylation sites (N-methyl/N-ethyl adjacent to an activating group) is 1. The third-order valence-corrected chi connectivity index (χ3v) is 5.21. The molecule has 2 aliphatic rings. The van der Waals surface area contributed by atoms with E-state index in [0.717, 1.165) is 57.6 Å². The molecule has 1 fully saturated rings. The Labute approximate surface area is 144 Å². The highest BCUT2D eigenvalue weighted by atomic mass is 16.5. The molecule has 0 bridgehead atoms. The zero-order valence-corrected chi connectivity index (χ0v) is 14.8. The number of nitrogens with one attached hydrogen (secondary N) is 2. The molecule has 5 heteroatoms. The first-order valence-corrected chi connectivity index (χ1v) is 9.23. The Morgan fingerprint density at radius 2 is 2.29 bits per heavy atom. The largest absolute Gasteiger partial charge is 0.376 e. The van der Waals surface area contributed by atoms with Gasteiger partial charge >= 0.3 is 6.03 Å².